The molecule has 0 unspecified atom stereocenters. The van der Waals surface area contributed by atoms with Crippen LogP contribution in [0.2, 0.25) is 5.02 Å². The number of aryl methyl sites for hydroxylation is 2. The largest absolute Gasteiger partial charge is 0.268 e. The van der Waals surface area contributed by atoms with Crippen LogP contribution in [0.15, 0.2) is 35.4 Å². The Balaban J connectivity index is 1.99. The Morgan fingerprint density at radius 2 is 1.85 bits per heavy atom. The fourth-order valence-electron chi connectivity index (χ4n) is 1.92. The van der Waals surface area contributed by atoms with Gasteiger partial charge in [0.05, 0.1) is 27.6 Å². The van der Waals surface area contributed by atoms with E-state index in [0.717, 1.165) is 11.3 Å². The molecule has 1 heterocycles. The standard InChI is InChI=1S/C14H17ClN2O2S/c1-11-4-6-13(7-5-11)20(18,19)9-3-8-17-12(2)14(15)10-16-17/h4-7,10H,3,8-9H2,1-2H3. The quantitative estimate of drug-likeness (QED) is 0.852. The first-order valence-electron chi connectivity index (χ1n) is 6.37. The topological polar surface area (TPSA) is 52.0 Å². The second kappa shape index (κ2) is 5.97. The predicted molar refractivity (Wildman–Crippen MR) is 79.8 cm³/mol. The Labute approximate surface area is 124 Å². The minimum Gasteiger partial charge on any atom is -0.268 e. The maximum atomic E-state index is 12.2. The molecule has 1 aromatic carbocycles. The van der Waals surface area contributed by atoms with E-state index in [0.29, 0.717) is 22.9 Å². The van der Waals surface area contributed by atoms with Crippen molar-refractivity contribution in [1.82, 2.24) is 9.78 Å². The van der Waals surface area contributed by atoms with Gasteiger partial charge in [-0.05, 0) is 32.4 Å². The zero-order valence-electron chi connectivity index (χ0n) is 11.5. The normalized spacial score (nSPS) is 11.8. The summed E-state index contributed by atoms with van der Waals surface area (Å²) in [4.78, 5) is 0.373. The summed E-state index contributed by atoms with van der Waals surface area (Å²) in [6.07, 6.45) is 2.08. The molecule has 0 amide bonds. The average molecular weight is 313 g/mol. The summed E-state index contributed by atoms with van der Waals surface area (Å²) in [5, 5.41) is 4.71. The third-order valence-corrected chi connectivity index (χ3v) is 5.39. The van der Waals surface area contributed by atoms with Gasteiger partial charge in [-0.3, -0.25) is 4.68 Å². The highest BCUT2D eigenvalue weighted by Gasteiger charge is 2.14. The maximum absolute atomic E-state index is 12.2. The number of halogens is 1. The SMILES string of the molecule is Cc1ccc(S(=O)(=O)CCCn2ncc(Cl)c2C)cc1. The number of nitrogens with zero attached hydrogens (tertiary/aromatic N) is 2. The highest BCUT2D eigenvalue weighted by Crippen LogP contribution is 2.16. The second-order valence-electron chi connectivity index (χ2n) is 4.79. The molecule has 108 valence electrons. The van der Waals surface area contributed by atoms with E-state index in [2.05, 4.69) is 5.10 Å². The third kappa shape index (κ3) is 3.41. The van der Waals surface area contributed by atoms with Gasteiger partial charge in [0, 0.05) is 6.54 Å². The Hall–Kier alpha value is -1.33. The van der Waals surface area contributed by atoms with Gasteiger partial charge in [0.15, 0.2) is 9.84 Å². The minimum atomic E-state index is -3.23. The Bertz CT molecular complexity index is 690. The molecule has 0 spiro atoms. The van der Waals surface area contributed by atoms with Crippen LogP contribution >= 0.6 is 11.6 Å². The summed E-state index contributed by atoms with van der Waals surface area (Å²) in [5.41, 5.74) is 1.91. The van der Waals surface area contributed by atoms with E-state index >= 15 is 0 Å². The van der Waals surface area contributed by atoms with Crippen molar-refractivity contribution in [3.63, 3.8) is 0 Å². The molecule has 0 saturated carbocycles. The Morgan fingerprint density at radius 1 is 1.20 bits per heavy atom. The second-order valence-corrected chi connectivity index (χ2v) is 7.30. The molecule has 0 atom stereocenters. The van der Waals surface area contributed by atoms with Crippen LogP contribution in [0.1, 0.15) is 17.7 Å². The predicted octanol–water partition coefficient (Wildman–Crippen LogP) is 3.02. The van der Waals surface area contributed by atoms with Crippen LogP contribution in [0.4, 0.5) is 0 Å². The molecule has 0 aliphatic heterocycles. The fraction of sp³-hybridized carbons (Fsp3) is 0.357. The maximum Gasteiger partial charge on any atom is 0.178 e. The lowest BCUT2D eigenvalue weighted by Gasteiger charge is -2.06. The molecule has 0 bridgehead atoms. The lowest BCUT2D eigenvalue weighted by atomic mass is 10.2. The van der Waals surface area contributed by atoms with Crippen molar-refractivity contribution in [1.29, 1.82) is 0 Å². The average Bonchev–Trinajstić information content (AvgIpc) is 2.71. The van der Waals surface area contributed by atoms with E-state index in [9.17, 15) is 8.42 Å². The molecule has 20 heavy (non-hydrogen) atoms. The van der Waals surface area contributed by atoms with E-state index in [1.807, 2.05) is 26.0 Å². The first kappa shape index (κ1) is 15.1. The van der Waals surface area contributed by atoms with Gasteiger partial charge in [0.1, 0.15) is 0 Å². The summed E-state index contributed by atoms with van der Waals surface area (Å²) in [6.45, 7) is 4.34. The van der Waals surface area contributed by atoms with E-state index < -0.39 is 9.84 Å². The van der Waals surface area contributed by atoms with Crippen LogP contribution < -0.4 is 0 Å². The van der Waals surface area contributed by atoms with Gasteiger partial charge in [-0.15, -0.1) is 0 Å². The van der Waals surface area contributed by atoms with Gasteiger partial charge in [-0.2, -0.15) is 5.10 Å². The van der Waals surface area contributed by atoms with Gasteiger partial charge in [-0.1, -0.05) is 29.3 Å². The molecule has 6 heteroatoms. The van der Waals surface area contributed by atoms with Crippen LogP contribution in [0.25, 0.3) is 0 Å². The minimum absolute atomic E-state index is 0.104. The molecule has 1 aromatic heterocycles. The number of benzene rings is 1. The number of rotatable bonds is 5. The molecule has 0 saturated heterocycles. The molecule has 0 aliphatic rings. The number of hydrogen-bond acceptors (Lipinski definition) is 3. The molecule has 2 aromatic rings. The van der Waals surface area contributed by atoms with Gasteiger partial charge in [-0.25, -0.2) is 8.42 Å². The van der Waals surface area contributed by atoms with Crippen molar-refractivity contribution >= 4 is 21.4 Å². The summed E-state index contributed by atoms with van der Waals surface area (Å²) in [7, 11) is -3.23. The zero-order valence-corrected chi connectivity index (χ0v) is 13.1. The molecule has 0 aliphatic carbocycles. The van der Waals surface area contributed by atoms with E-state index in [-0.39, 0.29) is 5.75 Å². The first-order valence-corrected chi connectivity index (χ1v) is 8.40. The summed E-state index contributed by atoms with van der Waals surface area (Å²) < 4.78 is 26.1. The molecule has 0 radical (unpaired) electrons. The molecule has 0 fully saturated rings. The summed E-state index contributed by atoms with van der Waals surface area (Å²) in [6, 6.07) is 6.93. The van der Waals surface area contributed by atoms with Crippen molar-refractivity contribution in [2.75, 3.05) is 5.75 Å². The van der Waals surface area contributed by atoms with Crippen LogP contribution in [-0.2, 0) is 16.4 Å². The van der Waals surface area contributed by atoms with Crippen LogP contribution in [0, 0.1) is 13.8 Å². The highest BCUT2D eigenvalue weighted by molar-refractivity contribution is 7.91. The molecule has 2 rings (SSSR count). The zero-order chi connectivity index (χ0) is 14.8. The van der Waals surface area contributed by atoms with Crippen molar-refractivity contribution < 1.29 is 8.42 Å². The van der Waals surface area contributed by atoms with E-state index in [1.165, 1.54) is 0 Å². The van der Waals surface area contributed by atoms with Crippen molar-refractivity contribution in [2.45, 2.75) is 31.7 Å². The van der Waals surface area contributed by atoms with E-state index in [4.69, 9.17) is 11.6 Å². The molecular formula is C14H17ClN2O2S. The highest BCUT2D eigenvalue weighted by atomic mass is 35.5. The van der Waals surface area contributed by atoms with Gasteiger partial charge >= 0.3 is 0 Å². The van der Waals surface area contributed by atoms with Crippen LogP contribution in [-0.4, -0.2) is 24.0 Å². The van der Waals surface area contributed by atoms with Crippen molar-refractivity contribution in [3.05, 3.63) is 46.7 Å². The summed E-state index contributed by atoms with van der Waals surface area (Å²) >= 11 is 5.91. The van der Waals surface area contributed by atoms with Crippen LogP contribution in [0.5, 0.6) is 0 Å². The smallest absolute Gasteiger partial charge is 0.178 e. The monoisotopic (exact) mass is 312 g/mol. The van der Waals surface area contributed by atoms with Crippen molar-refractivity contribution in [3.8, 4) is 0 Å². The first-order chi connectivity index (χ1) is 9.40. The number of hydrogen-bond donors (Lipinski definition) is 0. The van der Waals surface area contributed by atoms with Gasteiger partial charge in [0.2, 0.25) is 0 Å². The van der Waals surface area contributed by atoms with Gasteiger partial charge in [0.25, 0.3) is 0 Å². The number of sulfone groups is 1. The fourth-order valence-corrected chi connectivity index (χ4v) is 3.35. The lowest BCUT2D eigenvalue weighted by Crippen LogP contribution is -2.11. The Kier molecular flexibility index (Phi) is 4.50. The van der Waals surface area contributed by atoms with Crippen molar-refractivity contribution in [2.24, 2.45) is 0 Å². The molecule has 0 N–H and O–H groups in total. The van der Waals surface area contributed by atoms with Gasteiger partial charge < -0.3 is 0 Å². The van der Waals surface area contributed by atoms with Crippen LogP contribution in [0.3, 0.4) is 0 Å². The lowest BCUT2D eigenvalue weighted by molar-refractivity contribution is 0.566. The van der Waals surface area contributed by atoms with E-state index in [1.54, 1.807) is 23.0 Å². The molecular weight excluding hydrogens is 296 g/mol. The molecule has 4 nitrogen and oxygen atoms in total. The third-order valence-electron chi connectivity index (χ3n) is 3.21. The Morgan fingerprint density at radius 3 is 2.40 bits per heavy atom. The number of aromatic nitrogens is 2. The summed E-state index contributed by atoms with van der Waals surface area (Å²) in [5.74, 6) is 0.104.